The first-order chi connectivity index (χ1) is 14.7. The maximum atomic E-state index is 12.5. The van der Waals surface area contributed by atoms with Crippen LogP contribution in [0, 0.1) is 5.92 Å². The van der Waals surface area contributed by atoms with E-state index in [4.69, 9.17) is 4.43 Å². The fourth-order valence-corrected chi connectivity index (χ4v) is 10.4. The highest BCUT2D eigenvalue weighted by molar-refractivity contribution is 8.14. The van der Waals surface area contributed by atoms with Gasteiger partial charge in [-0.25, -0.2) is 0 Å². The minimum absolute atomic E-state index is 0.0350. The topological polar surface area (TPSA) is 55.4 Å². The molecule has 1 aliphatic rings. The first-order valence-electron chi connectivity index (χ1n) is 11.0. The van der Waals surface area contributed by atoms with Crippen LogP contribution in [0.2, 0.25) is 5.04 Å². The maximum Gasteiger partial charge on any atom is 0.261 e. The van der Waals surface area contributed by atoms with E-state index in [1.807, 2.05) is 26.0 Å². The smallest absolute Gasteiger partial charge is 0.261 e. The fraction of sp³-hybridized carbons (Fsp3) is 0.440. The quantitative estimate of drug-likeness (QED) is 0.481. The molecule has 0 radical (unpaired) electrons. The van der Waals surface area contributed by atoms with Gasteiger partial charge in [-0.15, -0.1) is 0 Å². The average molecular weight is 456 g/mol. The van der Waals surface area contributed by atoms with E-state index in [2.05, 4.69) is 74.6 Å². The highest BCUT2D eigenvalue weighted by Crippen LogP contribution is 2.40. The molecular weight excluding hydrogens is 422 g/mol. The molecule has 2 aromatic rings. The minimum Gasteiger partial charge on any atom is -0.404 e. The van der Waals surface area contributed by atoms with Gasteiger partial charge in [-0.1, -0.05) is 100 Å². The van der Waals surface area contributed by atoms with Crippen LogP contribution in [-0.2, 0) is 14.0 Å². The van der Waals surface area contributed by atoms with Gasteiger partial charge in [0, 0.05) is 6.42 Å². The monoisotopic (exact) mass is 455 g/mol. The van der Waals surface area contributed by atoms with Crippen molar-refractivity contribution in [3.8, 4) is 0 Å². The summed E-state index contributed by atoms with van der Waals surface area (Å²) in [5, 5.41) is 5.02. The highest BCUT2D eigenvalue weighted by atomic mass is 32.2. The van der Waals surface area contributed by atoms with Crippen molar-refractivity contribution in [2.24, 2.45) is 5.92 Å². The van der Waals surface area contributed by atoms with E-state index in [0.29, 0.717) is 6.42 Å². The number of nitrogens with one attached hydrogen (secondary N) is 1. The number of carbonyl (C=O) groups excluding carboxylic acids is 2. The molecule has 0 bridgehead atoms. The summed E-state index contributed by atoms with van der Waals surface area (Å²) in [7, 11) is -2.75. The number of rotatable bonds is 8. The second-order valence-electron chi connectivity index (χ2n) is 9.18. The van der Waals surface area contributed by atoms with Crippen LogP contribution in [0.4, 0.5) is 0 Å². The van der Waals surface area contributed by atoms with Gasteiger partial charge < -0.3 is 9.74 Å². The van der Waals surface area contributed by atoms with Crippen LogP contribution < -0.4 is 15.7 Å². The molecule has 2 aromatic carbocycles. The van der Waals surface area contributed by atoms with Gasteiger partial charge in [0.2, 0.25) is 5.91 Å². The summed E-state index contributed by atoms with van der Waals surface area (Å²) in [5.74, 6) is -0.375. The number of benzene rings is 2. The van der Waals surface area contributed by atoms with E-state index in [9.17, 15) is 9.59 Å². The summed E-state index contributed by atoms with van der Waals surface area (Å²) >= 11 is 1.24. The molecule has 3 atom stereocenters. The summed E-state index contributed by atoms with van der Waals surface area (Å²) in [6.45, 7) is 10.7. The maximum absolute atomic E-state index is 12.5. The van der Waals surface area contributed by atoms with E-state index in [-0.39, 0.29) is 33.5 Å². The van der Waals surface area contributed by atoms with Crippen LogP contribution in [-0.4, -0.2) is 30.8 Å². The molecule has 1 amide bonds. The Morgan fingerprint density at radius 1 is 1.06 bits per heavy atom. The van der Waals surface area contributed by atoms with Crippen molar-refractivity contribution in [3.63, 3.8) is 0 Å². The fourth-order valence-electron chi connectivity index (χ4n) is 4.38. The van der Waals surface area contributed by atoms with E-state index in [1.165, 1.54) is 22.1 Å². The van der Waals surface area contributed by atoms with E-state index in [0.717, 1.165) is 6.42 Å². The third-order valence-corrected chi connectivity index (χ3v) is 12.2. The molecule has 6 heteroatoms. The van der Waals surface area contributed by atoms with Gasteiger partial charge in [-0.05, 0) is 28.8 Å². The van der Waals surface area contributed by atoms with Crippen LogP contribution in [0.1, 0.15) is 47.5 Å². The molecule has 3 unspecified atom stereocenters. The molecule has 1 N–H and O–H groups in total. The lowest BCUT2D eigenvalue weighted by atomic mass is 9.96. The number of amides is 1. The van der Waals surface area contributed by atoms with Crippen LogP contribution >= 0.6 is 11.8 Å². The van der Waals surface area contributed by atoms with E-state index < -0.39 is 8.32 Å². The molecule has 3 rings (SSSR count). The summed E-state index contributed by atoms with van der Waals surface area (Å²) in [4.78, 5) is 24.7. The molecule has 166 valence electrons. The Bertz CT molecular complexity index is 858. The van der Waals surface area contributed by atoms with Crippen LogP contribution in [0.15, 0.2) is 60.7 Å². The Morgan fingerprint density at radius 2 is 1.58 bits per heavy atom. The second kappa shape index (κ2) is 9.71. The molecular formula is C25H33NO3SSi. The van der Waals surface area contributed by atoms with Crippen molar-refractivity contribution in [3.05, 3.63) is 60.7 Å². The number of β-lactam (4-membered cyclic amide) rings is 1. The van der Waals surface area contributed by atoms with Crippen LogP contribution in [0.5, 0.6) is 0 Å². The highest BCUT2D eigenvalue weighted by Gasteiger charge is 2.54. The molecule has 0 spiro atoms. The van der Waals surface area contributed by atoms with Crippen molar-refractivity contribution in [1.82, 2.24) is 5.32 Å². The van der Waals surface area contributed by atoms with Crippen LogP contribution in [0.3, 0.4) is 0 Å². The summed E-state index contributed by atoms with van der Waals surface area (Å²) in [6, 6.07) is 20.8. The van der Waals surface area contributed by atoms with Gasteiger partial charge in [0.15, 0.2) is 5.12 Å². The lowest BCUT2D eigenvalue weighted by molar-refractivity contribution is -0.136. The van der Waals surface area contributed by atoms with E-state index >= 15 is 0 Å². The molecule has 4 nitrogen and oxygen atoms in total. The molecule has 1 fully saturated rings. The van der Waals surface area contributed by atoms with E-state index in [1.54, 1.807) is 0 Å². The Hall–Kier alpha value is -1.89. The Kier molecular flexibility index (Phi) is 7.45. The van der Waals surface area contributed by atoms with Gasteiger partial charge in [0.05, 0.1) is 17.4 Å². The lowest BCUT2D eigenvalue weighted by Crippen LogP contribution is -2.70. The van der Waals surface area contributed by atoms with Crippen molar-refractivity contribution >= 4 is 41.5 Å². The molecule has 1 heterocycles. The SMILES string of the molecule is CCCC(=O)SC1NC(=O)C1C(C)O[Si](c1ccccc1)(c1ccccc1)C(C)(C)C. The van der Waals surface area contributed by atoms with Crippen molar-refractivity contribution in [1.29, 1.82) is 0 Å². The van der Waals surface area contributed by atoms with Crippen LogP contribution in [0.25, 0.3) is 0 Å². The normalized spacial score (nSPS) is 20.0. The van der Waals surface area contributed by atoms with Gasteiger partial charge in [0.25, 0.3) is 8.32 Å². The van der Waals surface area contributed by atoms with Crippen molar-refractivity contribution < 1.29 is 14.0 Å². The second-order valence-corrected chi connectivity index (χ2v) is 14.6. The Balaban J connectivity index is 1.99. The first kappa shape index (κ1) is 23.8. The molecule has 0 saturated carbocycles. The Labute approximate surface area is 191 Å². The summed E-state index contributed by atoms with van der Waals surface area (Å²) in [6.07, 6.45) is 1.02. The van der Waals surface area contributed by atoms with Gasteiger partial charge in [0.1, 0.15) is 0 Å². The molecule has 31 heavy (non-hydrogen) atoms. The largest absolute Gasteiger partial charge is 0.404 e. The van der Waals surface area contributed by atoms with Gasteiger partial charge in [-0.2, -0.15) is 0 Å². The lowest BCUT2D eigenvalue weighted by Gasteiger charge is -2.48. The predicted molar refractivity (Wildman–Crippen MR) is 131 cm³/mol. The molecule has 0 aromatic heterocycles. The van der Waals surface area contributed by atoms with Gasteiger partial charge >= 0.3 is 0 Å². The third-order valence-electron chi connectivity index (χ3n) is 5.91. The Morgan fingerprint density at radius 3 is 2.00 bits per heavy atom. The zero-order chi connectivity index (χ0) is 22.6. The number of carbonyl (C=O) groups is 2. The average Bonchev–Trinajstić information content (AvgIpc) is 2.72. The van der Waals surface area contributed by atoms with Gasteiger partial charge in [-0.3, -0.25) is 9.59 Å². The number of hydrogen-bond acceptors (Lipinski definition) is 4. The molecule has 1 aliphatic heterocycles. The molecule has 1 saturated heterocycles. The van der Waals surface area contributed by atoms with Crippen molar-refractivity contribution in [2.45, 2.75) is 64.0 Å². The number of thioether (sulfide) groups is 1. The zero-order valence-electron chi connectivity index (χ0n) is 19.1. The third kappa shape index (κ3) is 4.81. The number of hydrogen-bond donors (Lipinski definition) is 1. The minimum atomic E-state index is -2.75. The summed E-state index contributed by atoms with van der Waals surface area (Å²) < 4.78 is 7.07. The summed E-state index contributed by atoms with van der Waals surface area (Å²) in [5.41, 5.74) is 0. The zero-order valence-corrected chi connectivity index (χ0v) is 20.9. The van der Waals surface area contributed by atoms with Crippen molar-refractivity contribution in [2.75, 3.05) is 0 Å². The standard InChI is InChI=1S/C25H33NO3SSi/c1-6-13-21(27)30-24-22(23(28)26-24)18(2)29-31(25(3,4)5,19-14-9-7-10-15-19)20-16-11-8-12-17-20/h7-12,14-18,22,24H,6,13H2,1-5H3,(H,26,28). The molecule has 0 aliphatic carbocycles. The predicted octanol–water partition coefficient (Wildman–Crippen LogP) is 4.08. The first-order valence-corrected chi connectivity index (χ1v) is 13.8.